The molecule has 0 saturated heterocycles. The number of rotatable bonds is 3. The molecule has 8 heteroatoms. The molecule has 0 unspecified atom stereocenters. The largest absolute Gasteiger partial charge is 0.506 e. The standard InChI is InChI=1S/C13H13N3O4S/c1-8-4-11(21(14,19)20)2-3-12(8)16-13(18)9-5-10(17)7-15-6-9/h2-7,17H,1H3,(H,16,18)(H2,14,19,20). The molecule has 1 amide bonds. The summed E-state index contributed by atoms with van der Waals surface area (Å²) >= 11 is 0. The van der Waals surface area contributed by atoms with Gasteiger partial charge in [0.2, 0.25) is 10.0 Å². The van der Waals surface area contributed by atoms with E-state index in [2.05, 4.69) is 10.3 Å². The monoisotopic (exact) mass is 307 g/mol. The number of nitrogens with zero attached hydrogens (tertiary/aromatic N) is 1. The Morgan fingerprint density at radius 3 is 2.57 bits per heavy atom. The molecule has 0 saturated carbocycles. The van der Waals surface area contributed by atoms with Crippen molar-refractivity contribution in [1.82, 2.24) is 4.98 Å². The minimum Gasteiger partial charge on any atom is -0.506 e. The van der Waals surface area contributed by atoms with Crippen molar-refractivity contribution in [2.45, 2.75) is 11.8 Å². The molecule has 1 aromatic carbocycles. The molecular weight excluding hydrogens is 294 g/mol. The van der Waals surface area contributed by atoms with E-state index in [-0.39, 0.29) is 16.2 Å². The molecule has 2 aromatic rings. The van der Waals surface area contributed by atoms with E-state index in [9.17, 15) is 18.3 Å². The number of amides is 1. The van der Waals surface area contributed by atoms with Crippen LogP contribution in [0.4, 0.5) is 5.69 Å². The summed E-state index contributed by atoms with van der Waals surface area (Å²) < 4.78 is 22.5. The highest BCUT2D eigenvalue weighted by Gasteiger charge is 2.12. The minimum atomic E-state index is -3.78. The number of benzene rings is 1. The third-order valence-electron chi connectivity index (χ3n) is 2.76. The molecule has 21 heavy (non-hydrogen) atoms. The van der Waals surface area contributed by atoms with Crippen molar-refractivity contribution in [3.63, 3.8) is 0 Å². The second-order valence-electron chi connectivity index (χ2n) is 4.41. The minimum absolute atomic E-state index is 0.0305. The number of hydrogen-bond donors (Lipinski definition) is 3. The summed E-state index contributed by atoms with van der Waals surface area (Å²) in [6.45, 7) is 1.64. The first-order valence-corrected chi connectivity index (χ1v) is 7.41. The van der Waals surface area contributed by atoms with E-state index in [1.165, 1.54) is 36.7 Å². The predicted molar refractivity (Wildman–Crippen MR) is 76.4 cm³/mol. The van der Waals surface area contributed by atoms with E-state index >= 15 is 0 Å². The number of sulfonamides is 1. The van der Waals surface area contributed by atoms with Crippen LogP contribution in [-0.2, 0) is 10.0 Å². The maximum absolute atomic E-state index is 12.0. The van der Waals surface area contributed by atoms with Gasteiger partial charge in [-0.15, -0.1) is 0 Å². The van der Waals surface area contributed by atoms with Crippen molar-refractivity contribution < 1.29 is 18.3 Å². The Morgan fingerprint density at radius 2 is 2.00 bits per heavy atom. The number of aryl methyl sites for hydroxylation is 1. The number of pyridine rings is 1. The summed E-state index contributed by atoms with van der Waals surface area (Å²) in [7, 11) is -3.78. The SMILES string of the molecule is Cc1cc(S(N)(=O)=O)ccc1NC(=O)c1cncc(O)c1. The van der Waals surface area contributed by atoms with Gasteiger partial charge in [0, 0.05) is 11.9 Å². The summed E-state index contributed by atoms with van der Waals surface area (Å²) in [6, 6.07) is 5.39. The molecule has 0 bridgehead atoms. The molecule has 2 rings (SSSR count). The van der Waals surface area contributed by atoms with Crippen LogP contribution in [0.25, 0.3) is 0 Å². The van der Waals surface area contributed by atoms with Crippen molar-refractivity contribution in [1.29, 1.82) is 0 Å². The smallest absolute Gasteiger partial charge is 0.257 e. The van der Waals surface area contributed by atoms with Crippen LogP contribution in [0.1, 0.15) is 15.9 Å². The van der Waals surface area contributed by atoms with Crippen LogP contribution >= 0.6 is 0 Å². The molecule has 110 valence electrons. The lowest BCUT2D eigenvalue weighted by Gasteiger charge is -2.09. The predicted octanol–water partition coefficient (Wildman–Crippen LogP) is 0.995. The van der Waals surface area contributed by atoms with E-state index in [0.29, 0.717) is 11.3 Å². The van der Waals surface area contributed by atoms with Gasteiger partial charge < -0.3 is 10.4 Å². The maximum atomic E-state index is 12.0. The Bertz CT molecular complexity index is 803. The van der Waals surface area contributed by atoms with Crippen LogP contribution in [0.2, 0.25) is 0 Å². The second kappa shape index (κ2) is 5.51. The van der Waals surface area contributed by atoms with Gasteiger partial charge in [0.05, 0.1) is 16.7 Å². The van der Waals surface area contributed by atoms with Gasteiger partial charge in [0.15, 0.2) is 0 Å². The summed E-state index contributed by atoms with van der Waals surface area (Å²) in [4.78, 5) is 15.7. The van der Waals surface area contributed by atoms with Crippen molar-refractivity contribution in [2.75, 3.05) is 5.32 Å². The number of carbonyl (C=O) groups is 1. The molecular formula is C13H13N3O4S. The Morgan fingerprint density at radius 1 is 1.29 bits per heavy atom. The lowest BCUT2D eigenvalue weighted by atomic mass is 10.2. The summed E-state index contributed by atoms with van der Waals surface area (Å²) in [5.41, 5.74) is 1.17. The number of anilines is 1. The molecule has 0 atom stereocenters. The lowest BCUT2D eigenvalue weighted by Crippen LogP contribution is -2.15. The van der Waals surface area contributed by atoms with Crippen molar-refractivity contribution in [3.05, 3.63) is 47.8 Å². The first kappa shape index (κ1) is 14.9. The van der Waals surface area contributed by atoms with Gasteiger partial charge >= 0.3 is 0 Å². The van der Waals surface area contributed by atoms with Crippen LogP contribution in [0.15, 0.2) is 41.6 Å². The van der Waals surface area contributed by atoms with Gasteiger partial charge in [-0.25, -0.2) is 13.6 Å². The Hall–Kier alpha value is -2.45. The molecule has 0 fully saturated rings. The average molecular weight is 307 g/mol. The molecule has 0 aliphatic rings. The van der Waals surface area contributed by atoms with Crippen LogP contribution in [0.5, 0.6) is 5.75 Å². The molecule has 0 aliphatic carbocycles. The van der Waals surface area contributed by atoms with Crippen LogP contribution in [-0.4, -0.2) is 24.4 Å². The number of primary sulfonamides is 1. The molecule has 0 aliphatic heterocycles. The summed E-state index contributed by atoms with van der Waals surface area (Å²) in [6.07, 6.45) is 2.52. The number of aromatic hydroxyl groups is 1. The number of hydrogen-bond acceptors (Lipinski definition) is 5. The quantitative estimate of drug-likeness (QED) is 0.780. The normalized spacial score (nSPS) is 11.1. The zero-order chi connectivity index (χ0) is 15.6. The Labute approximate surface area is 121 Å². The molecule has 0 spiro atoms. The highest BCUT2D eigenvalue weighted by atomic mass is 32.2. The average Bonchev–Trinajstić information content (AvgIpc) is 2.39. The molecule has 4 N–H and O–H groups in total. The van der Waals surface area contributed by atoms with E-state index < -0.39 is 15.9 Å². The molecule has 7 nitrogen and oxygen atoms in total. The van der Waals surface area contributed by atoms with Gasteiger partial charge in [-0.1, -0.05) is 0 Å². The van der Waals surface area contributed by atoms with Crippen LogP contribution in [0.3, 0.4) is 0 Å². The van der Waals surface area contributed by atoms with E-state index in [1.807, 2.05) is 0 Å². The fraction of sp³-hybridized carbons (Fsp3) is 0.0769. The number of nitrogens with two attached hydrogens (primary N) is 1. The molecule has 1 heterocycles. The highest BCUT2D eigenvalue weighted by molar-refractivity contribution is 7.89. The number of aromatic nitrogens is 1. The molecule has 0 radical (unpaired) electrons. The van der Waals surface area contributed by atoms with E-state index in [0.717, 1.165) is 0 Å². The van der Waals surface area contributed by atoms with Gasteiger partial charge in [0.25, 0.3) is 5.91 Å². The Kier molecular flexibility index (Phi) is 3.92. The zero-order valence-electron chi connectivity index (χ0n) is 11.1. The zero-order valence-corrected chi connectivity index (χ0v) is 11.9. The van der Waals surface area contributed by atoms with Gasteiger partial charge in [-0.3, -0.25) is 9.78 Å². The van der Waals surface area contributed by atoms with Gasteiger partial charge in [0.1, 0.15) is 5.75 Å². The number of nitrogens with one attached hydrogen (secondary N) is 1. The summed E-state index contributed by atoms with van der Waals surface area (Å²) in [5.74, 6) is -0.589. The Balaban J connectivity index is 2.26. The third kappa shape index (κ3) is 3.56. The maximum Gasteiger partial charge on any atom is 0.257 e. The van der Waals surface area contributed by atoms with Crippen LogP contribution in [0, 0.1) is 6.92 Å². The van der Waals surface area contributed by atoms with E-state index in [4.69, 9.17) is 5.14 Å². The number of carbonyl (C=O) groups excluding carboxylic acids is 1. The van der Waals surface area contributed by atoms with Crippen molar-refractivity contribution >= 4 is 21.6 Å². The first-order chi connectivity index (χ1) is 9.77. The fourth-order valence-electron chi connectivity index (χ4n) is 1.70. The first-order valence-electron chi connectivity index (χ1n) is 5.86. The lowest BCUT2D eigenvalue weighted by molar-refractivity contribution is 0.102. The molecule has 1 aromatic heterocycles. The third-order valence-corrected chi connectivity index (χ3v) is 3.67. The van der Waals surface area contributed by atoms with Crippen LogP contribution < -0.4 is 10.5 Å². The van der Waals surface area contributed by atoms with E-state index in [1.54, 1.807) is 6.92 Å². The highest BCUT2D eigenvalue weighted by Crippen LogP contribution is 2.20. The summed E-state index contributed by atoms with van der Waals surface area (Å²) in [5, 5.41) is 16.9. The van der Waals surface area contributed by atoms with Gasteiger partial charge in [-0.05, 0) is 36.8 Å². The van der Waals surface area contributed by atoms with Crippen molar-refractivity contribution in [2.24, 2.45) is 5.14 Å². The second-order valence-corrected chi connectivity index (χ2v) is 5.97. The fourth-order valence-corrected chi connectivity index (χ4v) is 2.30. The van der Waals surface area contributed by atoms with Crippen molar-refractivity contribution in [3.8, 4) is 5.75 Å². The van der Waals surface area contributed by atoms with Gasteiger partial charge in [-0.2, -0.15) is 0 Å². The topological polar surface area (TPSA) is 122 Å².